The Balaban J connectivity index is 1.88. The first-order valence-electron chi connectivity index (χ1n) is 8.15. The molecule has 0 amide bonds. The first-order chi connectivity index (χ1) is 9.18. The van der Waals surface area contributed by atoms with E-state index in [0.717, 1.165) is 31.6 Å². The Labute approximate surface area is 120 Å². The predicted molar refractivity (Wildman–Crippen MR) is 82.6 cm³/mol. The molecule has 0 bridgehead atoms. The van der Waals surface area contributed by atoms with Crippen molar-refractivity contribution in [3.05, 3.63) is 0 Å². The van der Waals surface area contributed by atoms with Crippen molar-refractivity contribution in [2.24, 2.45) is 11.8 Å². The van der Waals surface area contributed by atoms with E-state index in [2.05, 4.69) is 31.1 Å². The third-order valence-corrected chi connectivity index (χ3v) is 3.86. The lowest BCUT2D eigenvalue weighted by atomic mass is 10.00. The van der Waals surface area contributed by atoms with Crippen LogP contribution in [0.15, 0.2) is 0 Å². The summed E-state index contributed by atoms with van der Waals surface area (Å²) in [6.45, 7) is 11.3. The summed E-state index contributed by atoms with van der Waals surface area (Å²) in [5, 5.41) is 3.51. The van der Waals surface area contributed by atoms with Gasteiger partial charge in [0.15, 0.2) is 0 Å². The standard InChI is InChI=1S/C16H34N2O/c1-15(2)13-17-9-5-4-6-10-18(3)14-16-7-11-19-12-8-16/h15-17H,4-14H2,1-3H3. The molecule has 0 aromatic carbocycles. The molecule has 0 spiro atoms. The van der Waals surface area contributed by atoms with Gasteiger partial charge in [-0.3, -0.25) is 0 Å². The van der Waals surface area contributed by atoms with Crippen molar-refractivity contribution in [2.75, 3.05) is 46.4 Å². The van der Waals surface area contributed by atoms with Crippen LogP contribution in [-0.4, -0.2) is 51.3 Å². The second kappa shape index (κ2) is 10.6. The third-order valence-electron chi connectivity index (χ3n) is 3.86. The first kappa shape index (κ1) is 16.9. The van der Waals surface area contributed by atoms with E-state index in [-0.39, 0.29) is 0 Å². The second-order valence-corrected chi connectivity index (χ2v) is 6.48. The normalized spacial score (nSPS) is 17.5. The van der Waals surface area contributed by atoms with Gasteiger partial charge in [-0.2, -0.15) is 0 Å². The summed E-state index contributed by atoms with van der Waals surface area (Å²) in [6, 6.07) is 0. The molecular formula is C16H34N2O. The SMILES string of the molecule is CC(C)CNCCCCCN(C)CC1CCOCC1. The molecule has 0 aromatic rings. The Morgan fingerprint density at radius 3 is 2.58 bits per heavy atom. The average molecular weight is 270 g/mol. The van der Waals surface area contributed by atoms with Crippen molar-refractivity contribution < 1.29 is 4.74 Å². The van der Waals surface area contributed by atoms with Gasteiger partial charge in [0.25, 0.3) is 0 Å². The molecule has 0 aliphatic carbocycles. The van der Waals surface area contributed by atoms with Crippen LogP contribution in [0.25, 0.3) is 0 Å². The number of hydrogen-bond acceptors (Lipinski definition) is 3. The molecule has 0 radical (unpaired) electrons. The van der Waals surface area contributed by atoms with Crippen LogP contribution < -0.4 is 5.32 Å². The number of nitrogens with one attached hydrogen (secondary N) is 1. The monoisotopic (exact) mass is 270 g/mol. The number of unbranched alkanes of at least 4 members (excludes halogenated alkanes) is 2. The van der Waals surface area contributed by atoms with Gasteiger partial charge in [-0.1, -0.05) is 20.3 Å². The Hall–Kier alpha value is -0.120. The summed E-state index contributed by atoms with van der Waals surface area (Å²) in [5.74, 6) is 1.64. The van der Waals surface area contributed by atoms with E-state index in [1.54, 1.807) is 0 Å². The van der Waals surface area contributed by atoms with Crippen molar-refractivity contribution >= 4 is 0 Å². The zero-order valence-corrected chi connectivity index (χ0v) is 13.3. The van der Waals surface area contributed by atoms with Crippen LogP contribution in [0.4, 0.5) is 0 Å². The van der Waals surface area contributed by atoms with Crippen molar-refractivity contribution in [2.45, 2.75) is 46.0 Å². The highest BCUT2D eigenvalue weighted by Gasteiger charge is 2.15. The van der Waals surface area contributed by atoms with Gasteiger partial charge in [-0.15, -0.1) is 0 Å². The molecule has 3 nitrogen and oxygen atoms in total. The van der Waals surface area contributed by atoms with E-state index in [4.69, 9.17) is 4.74 Å². The maximum atomic E-state index is 5.41. The molecule has 1 N–H and O–H groups in total. The number of rotatable bonds is 10. The molecule has 0 unspecified atom stereocenters. The molecule has 1 heterocycles. The number of hydrogen-bond donors (Lipinski definition) is 1. The largest absolute Gasteiger partial charge is 0.381 e. The van der Waals surface area contributed by atoms with Crippen LogP contribution in [0.1, 0.15) is 46.0 Å². The van der Waals surface area contributed by atoms with E-state index < -0.39 is 0 Å². The van der Waals surface area contributed by atoms with Gasteiger partial charge in [-0.25, -0.2) is 0 Å². The van der Waals surface area contributed by atoms with Crippen LogP contribution in [0.5, 0.6) is 0 Å². The van der Waals surface area contributed by atoms with Gasteiger partial charge in [0.05, 0.1) is 0 Å². The highest BCUT2D eigenvalue weighted by atomic mass is 16.5. The Morgan fingerprint density at radius 1 is 1.16 bits per heavy atom. The van der Waals surface area contributed by atoms with Crippen LogP contribution in [0.3, 0.4) is 0 Å². The topological polar surface area (TPSA) is 24.5 Å². The highest BCUT2D eigenvalue weighted by Crippen LogP contribution is 2.15. The minimum absolute atomic E-state index is 0.769. The fraction of sp³-hybridized carbons (Fsp3) is 1.00. The van der Waals surface area contributed by atoms with E-state index in [1.165, 1.54) is 51.7 Å². The minimum atomic E-state index is 0.769. The van der Waals surface area contributed by atoms with Crippen molar-refractivity contribution in [3.8, 4) is 0 Å². The van der Waals surface area contributed by atoms with E-state index in [0.29, 0.717) is 0 Å². The third kappa shape index (κ3) is 9.42. The predicted octanol–water partition coefficient (Wildman–Crippen LogP) is 2.76. The molecule has 0 saturated carbocycles. The fourth-order valence-corrected chi connectivity index (χ4v) is 2.66. The maximum Gasteiger partial charge on any atom is 0.0469 e. The molecule has 1 aliphatic heterocycles. The lowest BCUT2D eigenvalue weighted by Crippen LogP contribution is -2.30. The summed E-state index contributed by atoms with van der Waals surface area (Å²) in [4.78, 5) is 2.51. The van der Waals surface area contributed by atoms with E-state index in [9.17, 15) is 0 Å². The molecule has 0 aromatic heterocycles. The van der Waals surface area contributed by atoms with Crippen molar-refractivity contribution in [1.82, 2.24) is 10.2 Å². The average Bonchev–Trinajstić information content (AvgIpc) is 2.38. The summed E-state index contributed by atoms with van der Waals surface area (Å²) < 4.78 is 5.41. The number of ether oxygens (including phenoxy) is 1. The maximum absolute atomic E-state index is 5.41. The molecule has 1 fully saturated rings. The zero-order valence-electron chi connectivity index (χ0n) is 13.3. The zero-order chi connectivity index (χ0) is 13.9. The van der Waals surface area contributed by atoms with Gasteiger partial charge in [0.1, 0.15) is 0 Å². The molecule has 0 atom stereocenters. The van der Waals surface area contributed by atoms with Gasteiger partial charge in [0, 0.05) is 19.8 Å². The van der Waals surface area contributed by atoms with Gasteiger partial charge in [-0.05, 0) is 64.2 Å². The highest BCUT2D eigenvalue weighted by molar-refractivity contribution is 4.67. The Kier molecular flexibility index (Phi) is 9.48. The van der Waals surface area contributed by atoms with Crippen LogP contribution in [-0.2, 0) is 4.74 Å². The van der Waals surface area contributed by atoms with Crippen molar-refractivity contribution in [3.63, 3.8) is 0 Å². The molecule has 114 valence electrons. The number of nitrogens with zero attached hydrogens (tertiary/aromatic N) is 1. The molecule has 1 saturated heterocycles. The van der Waals surface area contributed by atoms with Gasteiger partial charge >= 0.3 is 0 Å². The molecule has 1 aliphatic rings. The minimum Gasteiger partial charge on any atom is -0.381 e. The molecule has 19 heavy (non-hydrogen) atoms. The quantitative estimate of drug-likeness (QED) is 0.618. The summed E-state index contributed by atoms with van der Waals surface area (Å²) in [7, 11) is 2.27. The van der Waals surface area contributed by atoms with Crippen molar-refractivity contribution in [1.29, 1.82) is 0 Å². The molecular weight excluding hydrogens is 236 g/mol. The van der Waals surface area contributed by atoms with Gasteiger partial charge < -0.3 is 15.0 Å². The van der Waals surface area contributed by atoms with Crippen LogP contribution in [0.2, 0.25) is 0 Å². The van der Waals surface area contributed by atoms with Gasteiger partial charge in [0.2, 0.25) is 0 Å². The summed E-state index contributed by atoms with van der Waals surface area (Å²) in [5.41, 5.74) is 0. The Morgan fingerprint density at radius 2 is 1.89 bits per heavy atom. The fourth-order valence-electron chi connectivity index (χ4n) is 2.66. The summed E-state index contributed by atoms with van der Waals surface area (Å²) >= 11 is 0. The molecule has 3 heteroatoms. The van der Waals surface area contributed by atoms with Crippen LogP contribution >= 0.6 is 0 Å². The van der Waals surface area contributed by atoms with Crippen LogP contribution in [0, 0.1) is 11.8 Å². The van der Waals surface area contributed by atoms with E-state index >= 15 is 0 Å². The first-order valence-corrected chi connectivity index (χ1v) is 8.15. The lowest BCUT2D eigenvalue weighted by molar-refractivity contribution is 0.0556. The second-order valence-electron chi connectivity index (χ2n) is 6.48. The Bertz CT molecular complexity index is 203. The smallest absolute Gasteiger partial charge is 0.0469 e. The summed E-state index contributed by atoms with van der Waals surface area (Å²) in [6.07, 6.45) is 6.51. The lowest BCUT2D eigenvalue weighted by Gasteiger charge is -2.27. The van der Waals surface area contributed by atoms with E-state index in [1.807, 2.05) is 0 Å². The molecule has 1 rings (SSSR count).